The lowest BCUT2D eigenvalue weighted by Crippen LogP contribution is -2.06. The van der Waals surface area contributed by atoms with Crippen molar-refractivity contribution in [3.8, 4) is 17.3 Å². The van der Waals surface area contributed by atoms with Crippen molar-refractivity contribution < 1.29 is 9.53 Å². The molecule has 6 heteroatoms. The van der Waals surface area contributed by atoms with Crippen LogP contribution in [-0.4, -0.2) is 21.4 Å². The highest BCUT2D eigenvalue weighted by Gasteiger charge is 2.25. The summed E-state index contributed by atoms with van der Waals surface area (Å²) in [7, 11) is 0. The van der Waals surface area contributed by atoms with Gasteiger partial charge >= 0.3 is 5.97 Å². The number of anilines is 1. The fourth-order valence-electron chi connectivity index (χ4n) is 4.64. The molecule has 0 aliphatic carbocycles. The van der Waals surface area contributed by atoms with E-state index in [9.17, 15) is 10.1 Å². The predicted octanol–water partition coefficient (Wildman–Crippen LogP) is 5.26. The van der Waals surface area contributed by atoms with E-state index in [2.05, 4.69) is 10.5 Å². The van der Waals surface area contributed by atoms with Crippen LogP contribution in [0.2, 0.25) is 0 Å². The Kier molecular flexibility index (Phi) is 4.42. The molecule has 0 radical (unpaired) electrons. The maximum Gasteiger partial charge on any atom is 0.339 e. The summed E-state index contributed by atoms with van der Waals surface area (Å²) in [6, 6.07) is 20.0. The van der Waals surface area contributed by atoms with Crippen molar-refractivity contribution in [3.05, 3.63) is 77.0 Å². The van der Waals surface area contributed by atoms with Crippen molar-refractivity contribution in [2.45, 2.75) is 20.8 Å². The van der Waals surface area contributed by atoms with Gasteiger partial charge in [-0.05, 0) is 56.2 Å². The van der Waals surface area contributed by atoms with Crippen LogP contribution in [-0.2, 0) is 4.74 Å². The van der Waals surface area contributed by atoms with Crippen LogP contribution in [0.3, 0.4) is 0 Å². The third-order valence-electron chi connectivity index (χ3n) is 6.04. The van der Waals surface area contributed by atoms with Crippen LogP contribution < -0.4 is 5.73 Å². The molecule has 2 N–H and O–H groups in total. The minimum atomic E-state index is -0.381. The van der Waals surface area contributed by atoms with Gasteiger partial charge in [0.25, 0.3) is 0 Å². The number of nitriles is 1. The standard InChI is InChI=1S/C26H22N4O2/c1-4-32-26(31)19-13-23-20-12-18(28)10-11-22(20)30-24(17-8-6-5-7-9-17)15(2)21(14-27)25(30)29(23)16(19)3/h5-13H,4,28H2,1-3H3. The van der Waals surface area contributed by atoms with Crippen LogP contribution in [0.4, 0.5) is 5.69 Å². The lowest BCUT2D eigenvalue weighted by atomic mass is 10.1. The number of carbonyl (C=O) groups is 1. The summed E-state index contributed by atoms with van der Waals surface area (Å²) < 4.78 is 9.37. The molecule has 5 aromatic rings. The van der Waals surface area contributed by atoms with Gasteiger partial charge in [-0.25, -0.2) is 4.79 Å². The summed E-state index contributed by atoms with van der Waals surface area (Å²) >= 11 is 0. The molecule has 2 aromatic carbocycles. The van der Waals surface area contributed by atoms with Crippen molar-refractivity contribution in [2.24, 2.45) is 0 Å². The molecular formula is C26H22N4O2. The number of hydrogen-bond acceptors (Lipinski definition) is 4. The molecule has 5 rings (SSSR count). The summed E-state index contributed by atoms with van der Waals surface area (Å²) in [4.78, 5) is 12.7. The van der Waals surface area contributed by atoms with E-state index >= 15 is 0 Å². The highest BCUT2D eigenvalue weighted by Crippen LogP contribution is 2.38. The molecule has 0 amide bonds. The molecule has 0 saturated heterocycles. The fourth-order valence-corrected chi connectivity index (χ4v) is 4.64. The summed E-state index contributed by atoms with van der Waals surface area (Å²) in [6.45, 7) is 5.92. The number of ether oxygens (including phenoxy) is 1. The second kappa shape index (κ2) is 7.17. The van der Waals surface area contributed by atoms with E-state index in [0.717, 1.165) is 44.6 Å². The molecule has 32 heavy (non-hydrogen) atoms. The molecule has 0 aliphatic heterocycles. The molecule has 0 unspecified atom stereocenters. The summed E-state index contributed by atoms with van der Waals surface area (Å²) in [5, 5.41) is 11.1. The lowest BCUT2D eigenvalue weighted by molar-refractivity contribution is 0.0525. The molecule has 0 spiro atoms. The Morgan fingerprint density at radius 3 is 2.50 bits per heavy atom. The topological polar surface area (TPSA) is 84.9 Å². The van der Waals surface area contributed by atoms with Crippen LogP contribution >= 0.6 is 0 Å². The number of nitrogen functional groups attached to an aromatic ring is 1. The van der Waals surface area contributed by atoms with Crippen molar-refractivity contribution in [3.63, 3.8) is 0 Å². The Bertz CT molecular complexity index is 1580. The smallest absolute Gasteiger partial charge is 0.339 e. The minimum Gasteiger partial charge on any atom is -0.462 e. The zero-order chi connectivity index (χ0) is 22.6. The Balaban J connectivity index is 2.08. The molecule has 0 saturated carbocycles. The summed E-state index contributed by atoms with van der Waals surface area (Å²) in [5.41, 5.74) is 13.9. The monoisotopic (exact) mass is 422 g/mol. The van der Waals surface area contributed by atoms with Crippen LogP contribution in [0.15, 0.2) is 54.6 Å². The molecule has 6 nitrogen and oxygen atoms in total. The molecule has 158 valence electrons. The SMILES string of the molecule is CCOC(=O)c1cc2c3cc(N)ccc3n3c(-c4ccccc4)c(C)c(C#N)c3n2c1C. The number of hydrogen-bond donors (Lipinski definition) is 1. The quantitative estimate of drug-likeness (QED) is 0.317. The molecule has 0 aliphatic rings. The first kappa shape index (κ1) is 19.7. The van der Waals surface area contributed by atoms with E-state index in [0.29, 0.717) is 23.4 Å². The first-order valence-electron chi connectivity index (χ1n) is 10.5. The number of esters is 1. The molecule has 3 aromatic heterocycles. The number of rotatable bonds is 3. The Hall–Kier alpha value is -4.24. The Labute approximate surface area is 185 Å². The normalized spacial score (nSPS) is 11.3. The number of nitrogens with zero attached hydrogens (tertiary/aromatic N) is 3. The largest absolute Gasteiger partial charge is 0.462 e. The van der Waals surface area contributed by atoms with Gasteiger partial charge < -0.3 is 10.5 Å². The summed E-state index contributed by atoms with van der Waals surface area (Å²) in [6.07, 6.45) is 0. The van der Waals surface area contributed by atoms with Gasteiger partial charge in [-0.3, -0.25) is 8.80 Å². The van der Waals surface area contributed by atoms with Crippen molar-refractivity contribution >= 4 is 33.7 Å². The maximum absolute atomic E-state index is 12.7. The number of nitrogens with two attached hydrogens (primary N) is 1. The Morgan fingerprint density at radius 2 is 1.81 bits per heavy atom. The van der Waals surface area contributed by atoms with E-state index in [1.807, 2.05) is 72.8 Å². The third kappa shape index (κ3) is 2.61. The van der Waals surface area contributed by atoms with Gasteiger partial charge in [0.1, 0.15) is 11.7 Å². The van der Waals surface area contributed by atoms with Gasteiger partial charge in [0.05, 0.1) is 34.5 Å². The maximum atomic E-state index is 12.7. The Morgan fingerprint density at radius 1 is 1.06 bits per heavy atom. The number of fused-ring (bicyclic) bond motifs is 6. The van der Waals surface area contributed by atoms with Gasteiger partial charge in [-0.1, -0.05) is 30.3 Å². The first-order chi connectivity index (χ1) is 15.5. The van der Waals surface area contributed by atoms with E-state index < -0.39 is 0 Å². The first-order valence-corrected chi connectivity index (χ1v) is 10.5. The van der Waals surface area contributed by atoms with Crippen LogP contribution in [0.25, 0.3) is 33.3 Å². The number of aryl methyl sites for hydroxylation is 1. The van der Waals surface area contributed by atoms with Crippen LogP contribution in [0.1, 0.15) is 34.1 Å². The van der Waals surface area contributed by atoms with E-state index in [4.69, 9.17) is 10.5 Å². The lowest BCUT2D eigenvalue weighted by Gasteiger charge is -2.13. The average molecular weight is 422 g/mol. The van der Waals surface area contributed by atoms with Crippen molar-refractivity contribution in [1.29, 1.82) is 5.26 Å². The number of benzene rings is 2. The van der Waals surface area contributed by atoms with Gasteiger partial charge in [0.15, 0.2) is 0 Å². The third-order valence-corrected chi connectivity index (χ3v) is 6.04. The van der Waals surface area contributed by atoms with Crippen LogP contribution in [0, 0.1) is 25.2 Å². The molecule has 0 fully saturated rings. The molecule has 0 atom stereocenters. The van der Waals surface area contributed by atoms with E-state index in [-0.39, 0.29) is 5.97 Å². The van der Waals surface area contributed by atoms with Crippen molar-refractivity contribution in [1.82, 2.24) is 8.80 Å². The zero-order valence-electron chi connectivity index (χ0n) is 18.1. The average Bonchev–Trinajstić information content (AvgIpc) is 3.28. The molecular weight excluding hydrogens is 400 g/mol. The van der Waals surface area contributed by atoms with E-state index in [1.165, 1.54) is 0 Å². The molecule has 0 bridgehead atoms. The van der Waals surface area contributed by atoms with Gasteiger partial charge in [-0.15, -0.1) is 0 Å². The van der Waals surface area contributed by atoms with Crippen molar-refractivity contribution in [2.75, 3.05) is 12.3 Å². The van der Waals surface area contributed by atoms with Crippen LogP contribution in [0.5, 0.6) is 0 Å². The number of carbonyl (C=O) groups excluding carboxylic acids is 1. The highest BCUT2D eigenvalue weighted by atomic mass is 16.5. The number of aromatic nitrogens is 2. The van der Waals surface area contributed by atoms with Gasteiger partial charge in [0.2, 0.25) is 0 Å². The van der Waals surface area contributed by atoms with E-state index in [1.54, 1.807) is 6.92 Å². The van der Waals surface area contributed by atoms with Gasteiger partial charge in [0, 0.05) is 16.8 Å². The highest BCUT2D eigenvalue weighted by molar-refractivity contribution is 6.04. The predicted molar refractivity (Wildman–Crippen MR) is 126 cm³/mol. The van der Waals surface area contributed by atoms with Gasteiger partial charge in [-0.2, -0.15) is 5.26 Å². The fraction of sp³-hybridized carbons (Fsp3) is 0.154. The second-order valence-corrected chi connectivity index (χ2v) is 7.85. The molecule has 3 heterocycles. The summed E-state index contributed by atoms with van der Waals surface area (Å²) in [5.74, 6) is -0.381. The zero-order valence-corrected chi connectivity index (χ0v) is 18.1. The minimum absolute atomic E-state index is 0.291. The second-order valence-electron chi connectivity index (χ2n) is 7.85.